The van der Waals surface area contributed by atoms with E-state index in [0.717, 1.165) is 12.1 Å². The summed E-state index contributed by atoms with van der Waals surface area (Å²) in [5.41, 5.74) is -0.147. The van der Waals surface area contributed by atoms with Gasteiger partial charge in [0.2, 0.25) is 0 Å². The van der Waals surface area contributed by atoms with Crippen molar-refractivity contribution in [2.24, 2.45) is 0 Å². The molecule has 0 aliphatic rings. The fraction of sp³-hybridized carbons (Fsp3) is 0.300. The molecular formula is C10H8F3IO2. The van der Waals surface area contributed by atoms with Gasteiger partial charge in [-0.15, -0.1) is 0 Å². The fourth-order valence-corrected chi connectivity index (χ4v) is 1.63. The topological polar surface area (TPSA) is 37.3 Å². The van der Waals surface area contributed by atoms with Crippen LogP contribution in [0, 0.1) is 0 Å². The minimum absolute atomic E-state index is 0.216. The second kappa shape index (κ2) is 5.03. The van der Waals surface area contributed by atoms with Gasteiger partial charge in [0, 0.05) is 0 Å². The predicted molar refractivity (Wildman–Crippen MR) is 60.6 cm³/mol. The highest BCUT2D eigenvalue weighted by Gasteiger charge is 2.30. The number of hydrogen-bond donors (Lipinski definition) is 1. The van der Waals surface area contributed by atoms with Gasteiger partial charge in [-0.2, -0.15) is 13.2 Å². The minimum atomic E-state index is -4.35. The molecule has 0 spiro atoms. The number of benzene rings is 1. The molecule has 0 unspecified atom stereocenters. The van der Waals surface area contributed by atoms with Gasteiger partial charge < -0.3 is 5.11 Å². The van der Waals surface area contributed by atoms with E-state index in [0.29, 0.717) is 5.56 Å². The first-order valence-corrected chi connectivity index (χ1v) is 5.58. The number of aliphatic carboxylic acids is 1. The zero-order valence-electron chi connectivity index (χ0n) is 7.96. The molecule has 0 amide bonds. The Morgan fingerprint density at radius 2 is 1.81 bits per heavy atom. The molecule has 0 aliphatic carbocycles. The largest absolute Gasteiger partial charge is 0.480 e. The second-order valence-corrected chi connectivity index (χ2v) is 4.71. The van der Waals surface area contributed by atoms with Crippen LogP contribution >= 0.6 is 22.6 Å². The molecule has 88 valence electrons. The van der Waals surface area contributed by atoms with E-state index in [4.69, 9.17) is 5.11 Å². The summed E-state index contributed by atoms with van der Waals surface area (Å²) in [4.78, 5) is 10.5. The van der Waals surface area contributed by atoms with Crippen molar-refractivity contribution in [2.45, 2.75) is 16.5 Å². The summed E-state index contributed by atoms with van der Waals surface area (Å²) in [5.74, 6) is -0.972. The summed E-state index contributed by atoms with van der Waals surface area (Å²) in [6.07, 6.45) is -4.14. The summed E-state index contributed by atoms with van der Waals surface area (Å²) in [6, 6.07) is 4.52. The van der Waals surface area contributed by atoms with Crippen LogP contribution in [0.2, 0.25) is 0 Å². The summed E-state index contributed by atoms with van der Waals surface area (Å²) in [6.45, 7) is 0. The lowest BCUT2D eigenvalue weighted by Gasteiger charge is -2.08. The standard InChI is InChI=1S/C10H8F3IO2/c11-10(12,13)7-3-1-6(2-4-7)5-8(14)9(15)16/h1-4,8H,5H2,(H,15,16)/t8-/m0/s1. The molecule has 1 aromatic carbocycles. The van der Waals surface area contributed by atoms with Crippen molar-refractivity contribution >= 4 is 28.6 Å². The van der Waals surface area contributed by atoms with Crippen molar-refractivity contribution in [1.29, 1.82) is 0 Å². The monoisotopic (exact) mass is 344 g/mol. The lowest BCUT2D eigenvalue weighted by atomic mass is 10.1. The van der Waals surface area contributed by atoms with Crippen molar-refractivity contribution < 1.29 is 23.1 Å². The Bertz CT molecular complexity index is 373. The number of halogens is 4. The van der Waals surface area contributed by atoms with E-state index in [-0.39, 0.29) is 6.42 Å². The number of carboxylic acids is 1. The molecule has 0 saturated carbocycles. The van der Waals surface area contributed by atoms with Gasteiger partial charge in [-0.3, -0.25) is 4.79 Å². The minimum Gasteiger partial charge on any atom is -0.480 e. The van der Waals surface area contributed by atoms with Crippen LogP contribution in [0.15, 0.2) is 24.3 Å². The highest BCUT2D eigenvalue weighted by atomic mass is 127. The Morgan fingerprint density at radius 1 is 1.31 bits per heavy atom. The van der Waals surface area contributed by atoms with Gasteiger partial charge in [0.1, 0.15) is 3.92 Å². The number of rotatable bonds is 3. The summed E-state index contributed by atoms with van der Waals surface area (Å²) in [5, 5.41) is 8.64. The van der Waals surface area contributed by atoms with E-state index >= 15 is 0 Å². The van der Waals surface area contributed by atoms with E-state index in [1.165, 1.54) is 12.1 Å². The first kappa shape index (κ1) is 13.3. The van der Waals surface area contributed by atoms with Gasteiger partial charge in [-0.25, -0.2) is 0 Å². The van der Waals surface area contributed by atoms with Gasteiger partial charge >= 0.3 is 12.1 Å². The third kappa shape index (κ3) is 3.66. The zero-order chi connectivity index (χ0) is 12.3. The second-order valence-electron chi connectivity index (χ2n) is 3.20. The summed E-state index contributed by atoms with van der Waals surface area (Å²) in [7, 11) is 0. The number of alkyl halides is 4. The first-order chi connectivity index (χ1) is 7.30. The van der Waals surface area contributed by atoms with Crippen LogP contribution in [0.25, 0.3) is 0 Å². The Balaban J connectivity index is 2.76. The van der Waals surface area contributed by atoms with Crippen molar-refractivity contribution in [3.8, 4) is 0 Å². The van der Waals surface area contributed by atoms with Gasteiger partial charge in [-0.05, 0) is 24.1 Å². The van der Waals surface area contributed by atoms with Crippen LogP contribution in [0.1, 0.15) is 11.1 Å². The van der Waals surface area contributed by atoms with Crippen molar-refractivity contribution in [1.82, 2.24) is 0 Å². The Labute approximate surface area is 104 Å². The first-order valence-electron chi connectivity index (χ1n) is 4.33. The third-order valence-corrected chi connectivity index (χ3v) is 2.94. The van der Waals surface area contributed by atoms with Gasteiger partial charge in [-0.1, -0.05) is 34.7 Å². The summed E-state index contributed by atoms with van der Waals surface area (Å²) < 4.78 is 36.0. The van der Waals surface area contributed by atoms with Crippen LogP contribution in [0.4, 0.5) is 13.2 Å². The molecule has 2 nitrogen and oxygen atoms in total. The van der Waals surface area contributed by atoms with Crippen LogP contribution in [0.5, 0.6) is 0 Å². The van der Waals surface area contributed by atoms with E-state index in [1.807, 2.05) is 0 Å². The van der Waals surface area contributed by atoms with E-state index < -0.39 is 21.6 Å². The predicted octanol–water partition coefficient (Wildman–Crippen LogP) is 3.14. The molecule has 1 aromatic rings. The van der Waals surface area contributed by atoms with Crippen molar-refractivity contribution in [3.63, 3.8) is 0 Å². The number of carboxylic acid groups (broad SMARTS) is 1. The molecule has 6 heteroatoms. The highest BCUT2D eigenvalue weighted by Crippen LogP contribution is 2.29. The van der Waals surface area contributed by atoms with E-state index in [1.54, 1.807) is 22.6 Å². The van der Waals surface area contributed by atoms with Gasteiger partial charge in [0.25, 0.3) is 0 Å². The van der Waals surface area contributed by atoms with Crippen molar-refractivity contribution in [2.75, 3.05) is 0 Å². The van der Waals surface area contributed by atoms with E-state index in [9.17, 15) is 18.0 Å². The quantitative estimate of drug-likeness (QED) is 0.676. The summed E-state index contributed by atoms with van der Waals surface area (Å²) >= 11 is 1.74. The highest BCUT2D eigenvalue weighted by molar-refractivity contribution is 14.1. The molecule has 0 fully saturated rings. The molecule has 0 bridgehead atoms. The maximum Gasteiger partial charge on any atom is 0.416 e. The fourth-order valence-electron chi connectivity index (χ4n) is 1.12. The molecule has 0 aromatic heterocycles. The molecular weight excluding hydrogens is 336 g/mol. The van der Waals surface area contributed by atoms with Crippen molar-refractivity contribution in [3.05, 3.63) is 35.4 Å². The van der Waals surface area contributed by atoms with Crippen LogP contribution in [0.3, 0.4) is 0 Å². The third-order valence-electron chi connectivity index (χ3n) is 1.96. The lowest BCUT2D eigenvalue weighted by Crippen LogP contribution is -2.15. The maximum absolute atomic E-state index is 12.2. The average Bonchev–Trinajstić information content (AvgIpc) is 2.17. The Kier molecular flexibility index (Phi) is 4.17. The molecule has 0 saturated heterocycles. The van der Waals surface area contributed by atoms with Crippen LogP contribution in [-0.2, 0) is 17.4 Å². The average molecular weight is 344 g/mol. The zero-order valence-corrected chi connectivity index (χ0v) is 10.1. The van der Waals surface area contributed by atoms with Gasteiger partial charge in [0.05, 0.1) is 5.56 Å². The van der Waals surface area contributed by atoms with Crippen LogP contribution in [-0.4, -0.2) is 15.0 Å². The normalized spacial score (nSPS) is 13.5. The molecule has 1 atom stereocenters. The van der Waals surface area contributed by atoms with Crippen LogP contribution < -0.4 is 0 Å². The molecule has 0 radical (unpaired) electrons. The molecule has 1 N–H and O–H groups in total. The van der Waals surface area contributed by atoms with Gasteiger partial charge in [0.15, 0.2) is 0 Å². The Hall–Kier alpha value is -0.790. The molecule has 0 heterocycles. The molecule has 0 aliphatic heterocycles. The smallest absolute Gasteiger partial charge is 0.416 e. The Morgan fingerprint density at radius 3 is 2.19 bits per heavy atom. The number of carbonyl (C=O) groups is 1. The lowest BCUT2D eigenvalue weighted by molar-refractivity contribution is -0.138. The maximum atomic E-state index is 12.2. The molecule has 1 rings (SSSR count). The SMILES string of the molecule is O=C(O)[C@@H](I)Cc1ccc(C(F)(F)F)cc1. The molecule has 16 heavy (non-hydrogen) atoms. The number of hydrogen-bond acceptors (Lipinski definition) is 1. The van der Waals surface area contributed by atoms with E-state index in [2.05, 4.69) is 0 Å².